The molecule has 0 heterocycles. The Morgan fingerprint density at radius 3 is 2.37 bits per heavy atom. The van der Waals surface area contributed by atoms with Crippen LogP contribution in [0, 0.1) is 5.92 Å². The van der Waals surface area contributed by atoms with E-state index in [-0.39, 0.29) is 6.42 Å². The molecule has 0 aromatic heterocycles. The molecule has 0 rings (SSSR count). The van der Waals surface area contributed by atoms with Crippen LogP contribution in [0.3, 0.4) is 0 Å². The lowest BCUT2D eigenvalue weighted by Gasteiger charge is -2.20. The summed E-state index contributed by atoms with van der Waals surface area (Å²) in [5.74, 6) is -4.06. The molecule has 0 aliphatic rings. The Balaban J connectivity index is 4.63. The van der Waals surface area contributed by atoms with Gasteiger partial charge in [-0.3, -0.25) is 9.59 Å². The molecule has 0 aromatic carbocycles. The van der Waals surface area contributed by atoms with Crippen LogP contribution in [0.5, 0.6) is 0 Å². The van der Waals surface area contributed by atoms with Gasteiger partial charge in [-0.25, -0.2) is 4.79 Å². The van der Waals surface area contributed by atoms with E-state index < -0.39 is 36.4 Å². The molecular weight excluding hydrogens is 252 g/mol. The zero-order valence-electron chi connectivity index (χ0n) is 11.0. The van der Waals surface area contributed by atoms with E-state index in [9.17, 15) is 14.4 Å². The number of carbonyl (C=O) groups is 3. The van der Waals surface area contributed by atoms with Crippen molar-refractivity contribution in [1.29, 1.82) is 0 Å². The first kappa shape index (κ1) is 17.2. The smallest absolute Gasteiger partial charge is 0.330 e. The largest absolute Gasteiger partial charge is 0.481 e. The zero-order valence-corrected chi connectivity index (χ0v) is 11.0. The highest BCUT2D eigenvalue weighted by atomic mass is 16.5. The molecule has 0 radical (unpaired) electrons. The van der Waals surface area contributed by atoms with E-state index in [1.165, 1.54) is 0 Å². The monoisotopic (exact) mass is 272 g/mol. The molecule has 108 valence electrons. The number of hydrogen-bond acceptors (Lipinski definition) is 4. The summed E-state index contributed by atoms with van der Waals surface area (Å²) < 4.78 is 5.05. The molecular formula is C13H20O6. The third kappa shape index (κ3) is 7.96. The van der Waals surface area contributed by atoms with Crippen molar-refractivity contribution in [1.82, 2.24) is 0 Å². The first-order chi connectivity index (χ1) is 8.90. The average molecular weight is 272 g/mol. The van der Waals surface area contributed by atoms with Crippen LogP contribution in [0.25, 0.3) is 0 Å². The van der Waals surface area contributed by atoms with Crippen LogP contribution in [-0.2, 0) is 19.1 Å². The Labute approximate surface area is 112 Å². The Morgan fingerprint density at radius 2 is 1.95 bits per heavy atom. The van der Waals surface area contributed by atoms with Crippen molar-refractivity contribution in [3.63, 3.8) is 0 Å². The van der Waals surface area contributed by atoms with Crippen LogP contribution in [0.2, 0.25) is 0 Å². The summed E-state index contributed by atoms with van der Waals surface area (Å²) in [6, 6.07) is 0. The number of unbranched alkanes of at least 4 members (excludes halogenated alkanes) is 1. The van der Waals surface area contributed by atoms with Gasteiger partial charge in [0.15, 0.2) is 0 Å². The van der Waals surface area contributed by atoms with Gasteiger partial charge < -0.3 is 14.9 Å². The van der Waals surface area contributed by atoms with Gasteiger partial charge in [0.05, 0.1) is 12.3 Å². The predicted molar refractivity (Wildman–Crippen MR) is 67.6 cm³/mol. The third-order valence-electron chi connectivity index (χ3n) is 2.65. The second-order valence-corrected chi connectivity index (χ2v) is 4.27. The highest BCUT2D eigenvalue weighted by molar-refractivity contribution is 5.81. The molecule has 2 atom stereocenters. The van der Waals surface area contributed by atoms with Gasteiger partial charge in [0.2, 0.25) is 0 Å². The van der Waals surface area contributed by atoms with Gasteiger partial charge in [0, 0.05) is 6.08 Å². The first-order valence-electron chi connectivity index (χ1n) is 6.18. The van der Waals surface area contributed by atoms with E-state index in [0.717, 1.165) is 18.9 Å². The molecule has 0 bridgehead atoms. The van der Waals surface area contributed by atoms with Crippen molar-refractivity contribution in [2.45, 2.75) is 45.1 Å². The maximum Gasteiger partial charge on any atom is 0.330 e. The summed E-state index contributed by atoms with van der Waals surface area (Å²) in [6.45, 7) is 5.23. The van der Waals surface area contributed by atoms with Crippen LogP contribution in [0.15, 0.2) is 12.7 Å². The summed E-state index contributed by atoms with van der Waals surface area (Å²) in [5.41, 5.74) is 0. The highest BCUT2D eigenvalue weighted by Crippen LogP contribution is 2.19. The summed E-state index contributed by atoms with van der Waals surface area (Å²) >= 11 is 0. The van der Waals surface area contributed by atoms with Crippen LogP contribution in [0.1, 0.15) is 39.0 Å². The van der Waals surface area contributed by atoms with Crippen LogP contribution in [-0.4, -0.2) is 34.2 Å². The lowest BCUT2D eigenvalue weighted by Crippen LogP contribution is -2.26. The summed E-state index contributed by atoms with van der Waals surface area (Å²) in [5, 5.41) is 17.6. The molecule has 0 saturated carbocycles. The number of carboxylic acid groups (broad SMARTS) is 2. The second kappa shape index (κ2) is 9.13. The Hall–Kier alpha value is -1.85. The molecule has 0 spiro atoms. The number of carbonyl (C=O) groups excluding carboxylic acids is 1. The minimum atomic E-state index is -1.20. The Morgan fingerprint density at radius 1 is 1.32 bits per heavy atom. The molecule has 2 unspecified atom stereocenters. The molecule has 6 heteroatoms. The fourth-order valence-electron chi connectivity index (χ4n) is 1.67. The number of rotatable bonds is 10. The highest BCUT2D eigenvalue weighted by Gasteiger charge is 2.26. The minimum Gasteiger partial charge on any atom is -0.481 e. The fraction of sp³-hybridized carbons (Fsp3) is 0.615. The summed E-state index contributed by atoms with van der Waals surface area (Å²) in [7, 11) is 0. The number of ether oxygens (including phenoxy) is 1. The van der Waals surface area contributed by atoms with E-state index >= 15 is 0 Å². The fourth-order valence-corrected chi connectivity index (χ4v) is 1.67. The van der Waals surface area contributed by atoms with Crippen molar-refractivity contribution < 1.29 is 29.3 Å². The van der Waals surface area contributed by atoms with Crippen molar-refractivity contribution in [2.24, 2.45) is 5.92 Å². The SMILES string of the molecule is C=CC(=O)OC(CCCC)CC(CC(=O)O)C(=O)O. The van der Waals surface area contributed by atoms with Gasteiger partial charge in [-0.2, -0.15) is 0 Å². The van der Waals surface area contributed by atoms with Gasteiger partial charge in [-0.1, -0.05) is 26.3 Å². The van der Waals surface area contributed by atoms with Gasteiger partial charge in [0.25, 0.3) is 0 Å². The number of esters is 1. The van der Waals surface area contributed by atoms with Gasteiger partial charge in [-0.05, 0) is 12.8 Å². The molecule has 0 fully saturated rings. The summed E-state index contributed by atoms with van der Waals surface area (Å²) in [4.78, 5) is 32.7. The Bertz CT molecular complexity index is 336. The minimum absolute atomic E-state index is 0.00120. The Kier molecular flexibility index (Phi) is 8.24. The molecule has 0 saturated heterocycles. The standard InChI is InChI=1S/C13H20O6/c1-3-5-6-10(19-12(16)4-2)7-9(13(17)18)8-11(14)15/h4,9-10H,2-3,5-8H2,1H3,(H,14,15)(H,17,18). The molecule has 0 aliphatic heterocycles. The van der Waals surface area contributed by atoms with E-state index in [1.54, 1.807) is 0 Å². The van der Waals surface area contributed by atoms with Gasteiger partial charge in [-0.15, -0.1) is 0 Å². The molecule has 6 nitrogen and oxygen atoms in total. The number of carboxylic acids is 2. The van der Waals surface area contributed by atoms with Gasteiger partial charge in [0.1, 0.15) is 6.10 Å². The third-order valence-corrected chi connectivity index (χ3v) is 2.65. The zero-order chi connectivity index (χ0) is 14.8. The second-order valence-electron chi connectivity index (χ2n) is 4.27. The van der Waals surface area contributed by atoms with Crippen molar-refractivity contribution in [3.05, 3.63) is 12.7 Å². The maximum atomic E-state index is 11.2. The quantitative estimate of drug-likeness (QED) is 0.465. The molecule has 0 aromatic rings. The number of aliphatic carboxylic acids is 2. The lowest BCUT2D eigenvalue weighted by molar-refractivity contribution is -0.152. The number of hydrogen-bond donors (Lipinski definition) is 2. The van der Waals surface area contributed by atoms with E-state index in [1.807, 2.05) is 6.92 Å². The first-order valence-corrected chi connectivity index (χ1v) is 6.18. The van der Waals surface area contributed by atoms with E-state index in [0.29, 0.717) is 6.42 Å². The average Bonchev–Trinajstić information content (AvgIpc) is 2.33. The van der Waals surface area contributed by atoms with Gasteiger partial charge >= 0.3 is 17.9 Å². The predicted octanol–water partition coefficient (Wildman–Crippen LogP) is 1.84. The molecule has 19 heavy (non-hydrogen) atoms. The normalized spacial score (nSPS) is 13.3. The van der Waals surface area contributed by atoms with Crippen LogP contribution in [0.4, 0.5) is 0 Å². The molecule has 2 N–H and O–H groups in total. The van der Waals surface area contributed by atoms with Crippen molar-refractivity contribution in [3.8, 4) is 0 Å². The van der Waals surface area contributed by atoms with E-state index in [2.05, 4.69) is 6.58 Å². The lowest BCUT2D eigenvalue weighted by atomic mass is 9.95. The van der Waals surface area contributed by atoms with Crippen LogP contribution < -0.4 is 0 Å². The topological polar surface area (TPSA) is 101 Å². The summed E-state index contributed by atoms with van der Waals surface area (Å²) in [6.07, 6.45) is 2.09. The molecule has 0 aliphatic carbocycles. The van der Waals surface area contributed by atoms with Crippen LogP contribution >= 0.6 is 0 Å². The van der Waals surface area contributed by atoms with Crippen molar-refractivity contribution >= 4 is 17.9 Å². The molecule has 0 amide bonds. The van der Waals surface area contributed by atoms with E-state index in [4.69, 9.17) is 14.9 Å². The van der Waals surface area contributed by atoms with Crippen molar-refractivity contribution in [2.75, 3.05) is 0 Å². The maximum absolute atomic E-state index is 11.2.